The van der Waals surface area contributed by atoms with Gasteiger partial charge in [0.25, 0.3) is 0 Å². The van der Waals surface area contributed by atoms with E-state index in [0.717, 1.165) is 6.42 Å². The largest absolute Gasteiger partial charge is 0.475 e. The molecule has 1 aliphatic rings. The minimum Gasteiger partial charge on any atom is -0.402 e. The predicted molar refractivity (Wildman–Crippen MR) is 54.3 cm³/mol. The summed E-state index contributed by atoms with van der Waals surface area (Å²) in [5.41, 5.74) is 5.35. The van der Waals surface area contributed by atoms with E-state index in [0.29, 0.717) is 0 Å². The van der Waals surface area contributed by atoms with Crippen molar-refractivity contribution >= 4 is 7.12 Å². The molecule has 76 valence electrons. The van der Waals surface area contributed by atoms with Gasteiger partial charge in [-0.3, -0.25) is 0 Å². The van der Waals surface area contributed by atoms with Gasteiger partial charge in [-0.25, -0.2) is 0 Å². The molecule has 1 heterocycles. The molecule has 0 aromatic heterocycles. The molecule has 0 saturated carbocycles. The van der Waals surface area contributed by atoms with Crippen LogP contribution in [-0.2, 0) is 9.31 Å². The zero-order valence-corrected chi connectivity index (χ0v) is 9.26. The summed E-state index contributed by atoms with van der Waals surface area (Å²) < 4.78 is 11.5. The van der Waals surface area contributed by atoms with Crippen LogP contribution in [0.4, 0.5) is 0 Å². The molecule has 0 aliphatic carbocycles. The van der Waals surface area contributed by atoms with E-state index < -0.39 is 0 Å². The number of nitrogens with two attached hydrogens (primary N) is 1. The minimum atomic E-state index is -0.259. The number of hydrogen-bond acceptors (Lipinski definition) is 3. The fourth-order valence-electron chi connectivity index (χ4n) is 1.26. The van der Waals surface area contributed by atoms with Crippen LogP contribution in [0, 0.1) is 0 Å². The quantitative estimate of drug-likeness (QED) is 0.660. The van der Waals surface area contributed by atoms with Crippen molar-refractivity contribution in [3.8, 4) is 0 Å². The van der Waals surface area contributed by atoms with Crippen molar-refractivity contribution in [2.45, 2.75) is 58.2 Å². The Morgan fingerprint density at radius 3 is 1.85 bits per heavy atom. The van der Waals surface area contributed by atoms with E-state index in [-0.39, 0.29) is 24.3 Å². The SMILES string of the molecule is CC[C@H](N)B1OC(C)(C)C(C)(C)O1. The molecule has 3 nitrogen and oxygen atoms in total. The lowest BCUT2D eigenvalue weighted by atomic mass is 9.77. The first-order chi connectivity index (χ1) is 5.80. The molecule has 0 amide bonds. The van der Waals surface area contributed by atoms with Crippen molar-refractivity contribution in [2.24, 2.45) is 5.73 Å². The molecule has 1 saturated heterocycles. The Morgan fingerprint density at radius 1 is 1.15 bits per heavy atom. The summed E-state index contributed by atoms with van der Waals surface area (Å²) in [6, 6.07) is 0. The molecule has 1 fully saturated rings. The minimum absolute atomic E-state index is 0.0268. The van der Waals surface area contributed by atoms with Crippen molar-refractivity contribution in [3.05, 3.63) is 0 Å². The lowest BCUT2D eigenvalue weighted by molar-refractivity contribution is 0.00578. The third-order valence-electron chi connectivity index (χ3n) is 3.09. The zero-order chi connectivity index (χ0) is 10.3. The Kier molecular flexibility index (Phi) is 2.77. The van der Waals surface area contributed by atoms with Crippen molar-refractivity contribution in [1.82, 2.24) is 0 Å². The third kappa shape index (κ3) is 1.90. The Hall–Kier alpha value is -0.0551. The van der Waals surface area contributed by atoms with Gasteiger partial charge < -0.3 is 15.0 Å². The van der Waals surface area contributed by atoms with Crippen LogP contribution < -0.4 is 5.73 Å². The van der Waals surface area contributed by atoms with Gasteiger partial charge in [-0.05, 0) is 34.1 Å². The first-order valence-corrected chi connectivity index (χ1v) is 4.91. The van der Waals surface area contributed by atoms with E-state index >= 15 is 0 Å². The maximum atomic E-state index is 5.87. The van der Waals surface area contributed by atoms with Crippen LogP contribution in [0.3, 0.4) is 0 Å². The molecule has 1 atom stereocenters. The first kappa shape index (κ1) is 11.0. The Balaban J connectivity index is 2.70. The van der Waals surface area contributed by atoms with Gasteiger partial charge >= 0.3 is 7.12 Å². The van der Waals surface area contributed by atoms with Gasteiger partial charge in [0.05, 0.1) is 11.2 Å². The first-order valence-electron chi connectivity index (χ1n) is 4.91. The molecule has 0 aromatic carbocycles. The van der Waals surface area contributed by atoms with Crippen molar-refractivity contribution in [2.75, 3.05) is 0 Å². The molecule has 4 heteroatoms. The second-order valence-electron chi connectivity index (χ2n) is 4.70. The molecule has 13 heavy (non-hydrogen) atoms. The predicted octanol–water partition coefficient (Wildman–Crippen LogP) is 1.36. The molecular formula is C9H20BNO2. The molecule has 0 spiro atoms. The van der Waals surface area contributed by atoms with Crippen LogP contribution in [0.5, 0.6) is 0 Å². The average molecular weight is 185 g/mol. The van der Waals surface area contributed by atoms with Crippen LogP contribution in [0.15, 0.2) is 0 Å². The molecule has 0 aromatic rings. The van der Waals surface area contributed by atoms with E-state index in [1.54, 1.807) is 0 Å². The summed E-state index contributed by atoms with van der Waals surface area (Å²) in [7, 11) is -0.255. The Bertz CT molecular complexity index is 178. The molecule has 2 N–H and O–H groups in total. The van der Waals surface area contributed by atoms with Crippen molar-refractivity contribution in [1.29, 1.82) is 0 Å². The van der Waals surface area contributed by atoms with Gasteiger partial charge in [0.15, 0.2) is 0 Å². The van der Waals surface area contributed by atoms with Gasteiger partial charge in [0.2, 0.25) is 0 Å². The zero-order valence-electron chi connectivity index (χ0n) is 9.26. The van der Waals surface area contributed by atoms with E-state index in [9.17, 15) is 0 Å². The monoisotopic (exact) mass is 185 g/mol. The lowest BCUT2D eigenvalue weighted by Crippen LogP contribution is -2.41. The standard InChI is InChI=1S/C9H20BNO2/c1-6-7(11)10-12-8(2,3)9(4,5)13-10/h7H,6,11H2,1-5H3/t7-/m0/s1. The highest BCUT2D eigenvalue weighted by Gasteiger charge is 2.52. The second kappa shape index (κ2) is 3.26. The fourth-order valence-corrected chi connectivity index (χ4v) is 1.26. The normalized spacial score (nSPS) is 27.7. The van der Waals surface area contributed by atoms with Gasteiger partial charge in [-0.2, -0.15) is 0 Å². The van der Waals surface area contributed by atoms with Crippen LogP contribution in [0.25, 0.3) is 0 Å². The van der Waals surface area contributed by atoms with Gasteiger partial charge in [0, 0.05) is 5.94 Å². The van der Waals surface area contributed by atoms with Gasteiger partial charge in [-0.1, -0.05) is 6.92 Å². The van der Waals surface area contributed by atoms with Crippen molar-refractivity contribution in [3.63, 3.8) is 0 Å². The van der Waals surface area contributed by atoms with Gasteiger partial charge in [-0.15, -0.1) is 0 Å². The summed E-state index contributed by atoms with van der Waals surface area (Å²) in [4.78, 5) is 0. The van der Waals surface area contributed by atoms with Crippen LogP contribution in [0.2, 0.25) is 0 Å². The summed E-state index contributed by atoms with van der Waals surface area (Å²) >= 11 is 0. The molecule has 1 aliphatic heterocycles. The lowest BCUT2D eigenvalue weighted by Gasteiger charge is -2.32. The highest BCUT2D eigenvalue weighted by atomic mass is 16.7. The maximum Gasteiger partial charge on any atom is 0.475 e. The van der Waals surface area contributed by atoms with Crippen LogP contribution >= 0.6 is 0 Å². The van der Waals surface area contributed by atoms with Crippen molar-refractivity contribution < 1.29 is 9.31 Å². The van der Waals surface area contributed by atoms with E-state index in [2.05, 4.69) is 0 Å². The molecule has 1 rings (SSSR count). The summed E-state index contributed by atoms with van der Waals surface area (Å²) in [6.45, 7) is 10.2. The topological polar surface area (TPSA) is 44.5 Å². The maximum absolute atomic E-state index is 5.87. The summed E-state index contributed by atoms with van der Waals surface area (Å²) in [5, 5.41) is 0. The number of hydrogen-bond donors (Lipinski definition) is 1. The van der Waals surface area contributed by atoms with Crippen LogP contribution in [-0.4, -0.2) is 24.3 Å². The van der Waals surface area contributed by atoms with Gasteiger partial charge in [0.1, 0.15) is 0 Å². The molecule has 0 bridgehead atoms. The van der Waals surface area contributed by atoms with E-state index in [1.165, 1.54) is 0 Å². The third-order valence-corrected chi connectivity index (χ3v) is 3.09. The van der Waals surface area contributed by atoms with Crippen LogP contribution in [0.1, 0.15) is 41.0 Å². The molecular weight excluding hydrogens is 165 g/mol. The molecule has 0 unspecified atom stereocenters. The highest BCUT2D eigenvalue weighted by Crippen LogP contribution is 2.37. The van der Waals surface area contributed by atoms with E-state index in [4.69, 9.17) is 15.0 Å². The average Bonchev–Trinajstić information content (AvgIpc) is 2.20. The fraction of sp³-hybridized carbons (Fsp3) is 1.00. The molecule has 0 radical (unpaired) electrons. The number of rotatable bonds is 2. The smallest absolute Gasteiger partial charge is 0.402 e. The Morgan fingerprint density at radius 2 is 1.54 bits per heavy atom. The Labute approximate surface area is 81.1 Å². The summed E-state index contributed by atoms with van der Waals surface area (Å²) in [5.74, 6) is -0.0268. The van der Waals surface area contributed by atoms with E-state index in [1.807, 2.05) is 34.6 Å². The summed E-state index contributed by atoms with van der Waals surface area (Å²) in [6.07, 6.45) is 0.872. The highest BCUT2D eigenvalue weighted by molar-refractivity contribution is 6.47. The second-order valence-corrected chi connectivity index (χ2v) is 4.70.